The monoisotopic (exact) mass is 432 g/mol. The Morgan fingerprint density at radius 3 is 2.41 bits per heavy atom. The lowest BCUT2D eigenvalue weighted by Gasteiger charge is -2.32. The molecule has 1 amide bonds. The van der Waals surface area contributed by atoms with Crippen LogP contribution in [0.5, 0.6) is 0 Å². The number of aromatic nitrogens is 2. The molecule has 0 unspecified atom stereocenters. The highest BCUT2D eigenvalue weighted by molar-refractivity contribution is 5.95. The number of likely N-dealkylation sites (N-methyl/N-ethyl adjacent to an activating group) is 1. The number of hydrogen-bond donors (Lipinski definition) is 1. The third-order valence-electron chi connectivity index (χ3n) is 6.10. The number of carbonyl (C=O) groups excluding carboxylic acids is 1. The first-order valence-electron chi connectivity index (χ1n) is 11.1. The minimum atomic E-state index is 0.0622. The standard InChI is InChI=1S/C24H28N6O2/c1-28-8-10-30(11-9-28)27-24-25-17-21-16-20(6-7-22(21)26-24)18-2-4-19(5-3-18)23(31)29-12-14-32-15-13-29/h2-7,16-17H,8-15H2,1H3,(H,25,26,27). The molecule has 0 bridgehead atoms. The van der Waals surface area contributed by atoms with Gasteiger partial charge >= 0.3 is 0 Å². The first-order valence-corrected chi connectivity index (χ1v) is 11.1. The second kappa shape index (κ2) is 9.20. The molecule has 5 rings (SSSR count). The van der Waals surface area contributed by atoms with Crippen molar-refractivity contribution in [3.8, 4) is 11.1 Å². The number of benzene rings is 2. The first-order chi connectivity index (χ1) is 15.7. The van der Waals surface area contributed by atoms with Crippen LogP contribution in [0, 0.1) is 0 Å². The van der Waals surface area contributed by atoms with Gasteiger partial charge in [0.15, 0.2) is 0 Å². The lowest BCUT2D eigenvalue weighted by Crippen LogP contribution is -2.47. The van der Waals surface area contributed by atoms with Gasteiger partial charge in [-0.15, -0.1) is 0 Å². The van der Waals surface area contributed by atoms with E-state index in [2.05, 4.69) is 44.5 Å². The number of piperazine rings is 1. The maximum absolute atomic E-state index is 12.7. The Labute approximate surface area is 187 Å². The van der Waals surface area contributed by atoms with E-state index in [4.69, 9.17) is 4.74 Å². The Morgan fingerprint density at radius 1 is 0.938 bits per heavy atom. The maximum atomic E-state index is 12.7. The molecule has 1 aromatic heterocycles. The van der Waals surface area contributed by atoms with Gasteiger partial charge in [0.2, 0.25) is 5.95 Å². The number of hydrogen-bond acceptors (Lipinski definition) is 7. The number of carbonyl (C=O) groups is 1. The highest BCUT2D eigenvalue weighted by atomic mass is 16.5. The summed E-state index contributed by atoms with van der Waals surface area (Å²) < 4.78 is 5.33. The van der Waals surface area contributed by atoms with Crippen molar-refractivity contribution in [2.24, 2.45) is 0 Å². The van der Waals surface area contributed by atoms with Crippen LogP contribution in [0.3, 0.4) is 0 Å². The minimum Gasteiger partial charge on any atom is -0.378 e. The summed E-state index contributed by atoms with van der Waals surface area (Å²) in [6, 6.07) is 14.0. The molecule has 2 saturated heterocycles. The van der Waals surface area contributed by atoms with Crippen LogP contribution >= 0.6 is 0 Å². The summed E-state index contributed by atoms with van der Waals surface area (Å²) in [4.78, 5) is 26.0. The first kappa shape index (κ1) is 20.8. The summed E-state index contributed by atoms with van der Waals surface area (Å²) >= 11 is 0. The molecule has 166 valence electrons. The van der Waals surface area contributed by atoms with Crippen LogP contribution in [0.15, 0.2) is 48.7 Å². The van der Waals surface area contributed by atoms with Crippen molar-refractivity contribution < 1.29 is 9.53 Å². The number of morpholine rings is 1. The highest BCUT2D eigenvalue weighted by Crippen LogP contribution is 2.25. The maximum Gasteiger partial charge on any atom is 0.254 e. The number of fused-ring (bicyclic) bond motifs is 1. The van der Waals surface area contributed by atoms with E-state index in [1.807, 2.05) is 41.4 Å². The van der Waals surface area contributed by atoms with Crippen molar-refractivity contribution in [3.05, 3.63) is 54.2 Å². The van der Waals surface area contributed by atoms with Gasteiger partial charge in [-0.1, -0.05) is 18.2 Å². The molecule has 0 aliphatic carbocycles. The lowest BCUT2D eigenvalue weighted by atomic mass is 10.0. The summed E-state index contributed by atoms with van der Waals surface area (Å²) in [5.74, 6) is 0.688. The normalized spacial score (nSPS) is 18.1. The Balaban J connectivity index is 1.29. The van der Waals surface area contributed by atoms with Gasteiger partial charge < -0.3 is 14.5 Å². The zero-order valence-electron chi connectivity index (χ0n) is 18.3. The van der Waals surface area contributed by atoms with Crippen molar-refractivity contribution in [1.29, 1.82) is 0 Å². The number of hydrazine groups is 1. The molecule has 8 heteroatoms. The molecule has 2 aliphatic heterocycles. The van der Waals surface area contributed by atoms with Crippen molar-refractivity contribution in [1.82, 2.24) is 24.8 Å². The van der Waals surface area contributed by atoms with Gasteiger partial charge in [-0.2, -0.15) is 0 Å². The molecule has 0 spiro atoms. The van der Waals surface area contributed by atoms with Gasteiger partial charge in [0.05, 0.1) is 18.7 Å². The Bertz CT molecular complexity index is 1090. The third kappa shape index (κ3) is 4.57. The topological polar surface area (TPSA) is 73.8 Å². The molecule has 0 radical (unpaired) electrons. The van der Waals surface area contributed by atoms with E-state index in [0.717, 1.165) is 48.2 Å². The van der Waals surface area contributed by atoms with Crippen LogP contribution in [-0.2, 0) is 4.74 Å². The summed E-state index contributed by atoms with van der Waals surface area (Å²) in [5, 5.41) is 3.15. The fourth-order valence-corrected chi connectivity index (χ4v) is 4.08. The molecule has 0 atom stereocenters. The summed E-state index contributed by atoms with van der Waals surface area (Å²) in [5.41, 5.74) is 7.07. The van der Waals surface area contributed by atoms with Crippen LogP contribution in [0.2, 0.25) is 0 Å². The molecule has 2 fully saturated rings. The molecular weight excluding hydrogens is 404 g/mol. The van der Waals surface area contributed by atoms with E-state index in [1.165, 1.54) is 0 Å². The van der Waals surface area contributed by atoms with E-state index in [-0.39, 0.29) is 5.91 Å². The Hall–Kier alpha value is -3.07. The van der Waals surface area contributed by atoms with Gasteiger partial charge in [-0.3, -0.25) is 10.2 Å². The Morgan fingerprint density at radius 2 is 1.66 bits per heavy atom. The molecule has 3 aromatic rings. The number of nitrogens with zero attached hydrogens (tertiary/aromatic N) is 5. The van der Waals surface area contributed by atoms with Crippen LogP contribution < -0.4 is 5.43 Å². The summed E-state index contributed by atoms with van der Waals surface area (Å²) in [7, 11) is 2.14. The summed E-state index contributed by atoms with van der Waals surface area (Å²) in [6.45, 7) is 6.46. The van der Waals surface area contributed by atoms with Gasteiger partial charge in [-0.25, -0.2) is 15.0 Å². The Kier molecular flexibility index (Phi) is 5.98. The summed E-state index contributed by atoms with van der Waals surface area (Å²) in [6.07, 6.45) is 1.86. The van der Waals surface area contributed by atoms with Gasteiger partial charge in [0.25, 0.3) is 5.91 Å². The van der Waals surface area contributed by atoms with Gasteiger partial charge in [0, 0.05) is 56.4 Å². The second-order valence-electron chi connectivity index (χ2n) is 8.35. The lowest BCUT2D eigenvalue weighted by molar-refractivity contribution is 0.0303. The number of ether oxygens (including phenoxy) is 1. The van der Waals surface area contributed by atoms with E-state index < -0.39 is 0 Å². The zero-order valence-corrected chi connectivity index (χ0v) is 18.3. The van der Waals surface area contributed by atoms with Crippen LogP contribution in [0.1, 0.15) is 10.4 Å². The minimum absolute atomic E-state index is 0.0622. The van der Waals surface area contributed by atoms with Crippen LogP contribution in [0.4, 0.5) is 5.95 Å². The molecule has 32 heavy (non-hydrogen) atoms. The third-order valence-corrected chi connectivity index (χ3v) is 6.10. The van der Waals surface area contributed by atoms with Crippen LogP contribution in [-0.4, -0.2) is 90.2 Å². The molecule has 3 heterocycles. The van der Waals surface area contributed by atoms with E-state index >= 15 is 0 Å². The van der Waals surface area contributed by atoms with E-state index in [9.17, 15) is 4.79 Å². The quantitative estimate of drug-likeness (QED) is 0.678. The average Bonchev–Trinajstić information content (AvgIpc) is 2.85. The van der Waals surface area contributed by atoms with E-state index in [1.54, 1.807) is 0 Å². The molecule has 8 nitrogen and oxygen atoms in total. The van der Waals surface area contributed by atoms with Crippen molar-refractivity contribution >= 4 is 22.8 Å². The van der Waals surface area contributed by atoms with Gasteiger partial charge in [0.1, 0.15) is 0 Å². The fourth-order valence-electron chi connectivity index (χ4n) is 4.08. The SMILES string of the molecule is CN1CCN(Nc2ncc3cc(-c4ccc(C(=O)N5CCOCC5)cc4)ccc3n2)CC1. The predicted octanol–water partition coefficient (Wildman–Crippen LogP) is 2.34. The number of amides is 1. The molecule has 1 N–H and O–H groups in total. The van der Waals surface area contributed by atoms with Gasteiger partial charge in [-0.05, 0) is 42.4 Å². The fraction of sp³-hybridized carbons (Fsp3) is 0.375. The predicted molar refractivity (Wildman–Crippen MR) is 124 cm³/mol. The average molecular weight is 433 g/mol. The number of anilines is 1. The van der Waals surface area contributed by atoms with Crippen molar-refractivity contribution in [3.63, 3.8) is 0 Å². The zero-order chi connectivity index (χ0) is 21.9. The highest BCUT2D eigenvalue weighted by Gasteiger charge is 2.18. The second-order valence-corrected chi connectivity index (χ2v) is 8.35. The molecule has 2 aliphatic rings. The van der Waals surface area contributed by atoms with Crippen molar-refractivity contribution in [2.75, 3.05) is 65.0 Å². The largest absolute Gasteiger partial charge is 0.378 e. The number of nitrogens with one attached hydrogen (secondary N) is 1. The molecule has 2 aromatic carbocycles. The smallest absolute Gasteiger partial charge is 0.254 e. The molecule has 0 saturated carbocycles. The molecular formula is C24H28N6O2. The number of rotatable bonds is 4. The van der Waals surface area contributed by atoms with E-state index in [0.29, 0.717) is 37.8 Å². The van der Waals surface area contributed by atoms with Crippen molar-refractivity contribution in [2.45, 2.75) is 0 Å². The van der Waals surface area contributed by atoms with Crippen LogP contribution in [0.25, 0.3) is 22.0 Å².